The molecule has 2 heterocycles. The predicted octanol–water partition coefficient (Wildman–Crippen LogP) is 10.4. The number of ether oxygens (including phenoxy) is 2. The standard InChI is InChI=1S/C33H42O5P2/c1-5-7-13-25-19-27(34-3)21-29-30-22-28(35-4)20-26(14-8-6-2)33(30)38-40(37-32(25)29)36-23-39-18-12-17-31(39)24-15-10-9-11-16-24/h9-11,15-16,19-22,31H,5-8,12-14,17-18,23H2,1-4H3/t31-,39?/m0/s1. The molecule has 1 saturated heterocycles. The largest absolute Gasteiger partial charge is 0.497 e. The first-order chi connectivity index (χ1) is 19.6. The lowest BCUT2D eigenvalue weighted by Crippen LogP contribution is -1.99. The van der Waals surface area contributed by atoms with Crippen molar-refractivity contribution >= 4 is 38.1 Å². The summed E-state index contributed by atoms with van der Waals surface area (Å²) in [5.41, 5.74) is 5.99. The van der Waals surface area contributed by atoms with Crippen LogP contribution in [0.15, 0.2) is 63.0 Å². The minimum absolute atomic E-state index is 0.309. The van der Waals surface area contributed by atoms with Gasteiger partial charge in [0, 0.05) is 16.4 Å². The van der Waals surface area contributed by atoms with Gasteiger partial charge in [-0.1, -0.05) is 64.9 Å². The lowest BCUT2D eigenvalue weighted by atomic mass is 10.00. The van der Waals surface area contributed by atoms with Crippen molar-refractivity contribution in [3.8, 4) is 11.5 Å². The maximum absolute atomic E-state index is 6.74. The highest BCUT2D eigenvalue weighted by Gasteiger charge is 2.29. The van der Waals surface area contributed by atoms with E-state index in [1.54, 1.807) is 14.2 Å². The summed E-state index contributed by atoms with van der Waals surface area (Å²) >= 11 is 0. The van der Waals surface area contributed by atoms with Gasteiger partial charge in [-0.15, -0.1) is 0 Å². The molecule has 2 atom stereocenters. The molecule has 40 heavy (non-hydrogen) atoms. The van der Waals surface area contributed by atoms with Gasteiger partial charge >= 0.3 is 8.24 Å². The fraction of sp³-hybridized carbons (Fsp3) is 0.455. The van der Waals surface area contributed by atoms with Gasteiger partial charge in [-0.25, -0.2) is 0 Å². The smallest absolute Gasteiger partial charge is 0.387 e. The van der Waals surface area contributed by atoms with Gasteiger partial charge in [0.2, 0.25) is 0 Å². The summed E-state index contributed by atoms with van der Waals surface area (Å²) in [6, 6.07) is 19.3. The Balaban J connectivity index is 1.65. The molecule has 0 aliphatic carbocycles. The lowest BCUT2D eigenvalue weighted by molar-refractivity contribution is 0.414. The lowest BCUT2D eigenvalue weighted by Gasteiger charge is -2.19. The van der Waals surface area contributed by atoms with Crippen molar-refractivity contribution in [3.05, 3.63) is 71.3 Å². The first kappa shape index (κ1) is 29.1. The highest BCUT2D eigenvalue weighted by molar-refractivity contribution is 7.58. The molecule has 5 rings (SSSR count). The van der Waals surface area contributed by atoms with Gasteiger partial charge in [-0.05, 0) is 85.6 Å². The summed E-state index contributed by atoms with van der Waals surface area (Å²) in [7, 11) is 1.51. The first-order valence-corrected chi connectivity index (χ1v) is 17.5. The topological polar surface area (TPSA) is 54.0 Å². The normalized spacial score (nSPS) is 17.0. The Bertz CT molecular complexity index is 1370. The average molecular weight is 581 g/mol. The SMILES string of the molecule is CCCCc1cc(OC)cc2c1op(OCP1CCC[C@H]1c1ccccc1)oc1c(CCCC)cc(OC)cc12. The molecule has 5 nitrogen and oxygen atoms in total. The summed E-state index contributed by atoms with van der Waals surface area (Å²) in [4.78, 5) is 0. The third kappa shape index (κ3) is 6.54. The molecule has 1 aliphatic heterocycles. The molecule has 4 aromatic rings. The predicted molar refractivity (Wildman–Crippen MR) is 168 cm³/mol. The zero-order valence-electron chi connectivity index (χ0n) is 24.3. The summed E-state index contributed by atoms with van der Waals surface area (Å²) in [6.45, 7) is 4.43. The fourth-order valence-electron chi connectivity index (χ4n) is 5.65. The van der Waals surface area contributed by atoms with Crippen LogP contribution in [0.4, 0.5) is 0 Å². The molecule has 1 fully saturated rings. The molecule has 0 radical (unpaired) electrons. The van der Waals surface area contributed by atoms with Crippen LogP contribution in [0.25, 0.3) is 21.9 Å². The van der Waals surface area contributed by atoms with E-state index in [0.717, 1.165) is 83.1 Å². The van der Waals surface area contributed by atoms with Crippen molar-refractivity contribution in [1.29, 1.82) is 0 Å². The molecule has 214 valence electrons. The molecule has 1 aromatic heterocycles. The van der Waals surface area contributed by atoms with Crippen molar-refractivity contribution in [2.75, 3.05) is 26.7 Å². The number of methoxy groups -OCH3 is 2. The molecular formula is C33H42O5P2. The van der Waals surface area contributed by atoms with E-state index in [0.29, 0.717) is 12.0 Å². The maximum Gasteiger partial charge on any atom is 0.387 e. The van der Waals surface area contributed by atoms with Gasteiger partial charge < -0.3 is 17.9 Å². The minimum atomic E-state index is -1.63. The molecule has 0 amide bonds. The van der Waals surface area contributed by atoms with Gasteiger partial charge in [0.25, 0.3) is 0 Å². The Labute approximate surface area is 240 Å². The van der Waals surface area contributed by atoms with E-state index in [1.807, 2.05) is 0 Å². The second kappa shape index (κ2) is 13.9. The zero-order chi connectivity index (χ0) is 27.9. The molecule has 0 bridgehead atoms. The number of aryl methyl sites for hydroxylation is 2. The van der Waals surface area contributed by atoms with Gasteiger partial charge in [0.15, 0.2) is 0 Å². The molecule has 7 heteroatoms. The van der Waals surface area contributed by atoms with Crippen LogP contribution in [0.1, 0.15) is 74.7 Å². The Morgan fingerprint density at radius 1 is 0.800 bits per heavy atom. The third-order valence-corrected chi connectivity index (χ3v) is 11.8. The van der Waals surface area contributed by atoms with Crippen molar-refractivity contribution in [1.82, 2.24) is 0 Å². The summed E-state index contributed by atoms with van der Waals surface area (Å²) < 4.78 is 31.6. The van der Waals surface area contributed by atoms with E-state index in [1.165, 1.54) is 24.6 Å². The van der Waals surface area contributed by atoms with Crippen molar-refractivity contribution < 1.29 is 22.4 Å². The monoisotopic (exact) mass is 580 g/mol. The van der Waals surface area contributed by atoms with Gasteiger partial charge in [-0.3, -0.25) is 4.52 Å². The van der Waals surface area contributed by atoms with Crippen LogP contribution >= 0.6 is 16.2 Å². The molecule has 0 N–H and O–H groups in total. The zero-order valence-corrected chi connectivity index (χ0v) is 26.1. The molecule has 1 aliphatic rings. The Morgan fingerprint density at radius 2 is 1.38 bits per heavy atom. The number of unbranched alkanes of at least 4 members (excludes halogenated alkanes) is 2. The molecule has 3 aromatic carbocycles. The Kier molecular flexibility index (Phi) is 10.1. The number of benzene rings is 3. The van der Waals surface area contributed by atoms with Crippen LogP contribution in [-0.4, -0.2) is 26.7 Å². The van der Waals surface area contributed by atoms with E-state index < -0.39 is 8.24 Å². The fourth-order valence-corrected chi connectivity index (χ4v) is 9.85. The van der Waals surface area contributed by atoms with E-state index >= 15 is 0 Å². The van der Waals surface area contributed by atoms with Crippen LogP contribution in [-0.2, 0) is 12.8 Å². The third-order valence-electron chi connectivity index (χ3n) is 7.85. The number of fused-ring (bicyclic) bond motifs is 3. The summed E-state index contributed by atoms with van der Waals surface area (Å²) in [6.07, 6.45) is 10.5. The van der Waals surface area contributed by atoms with Crippen molar-refractivity contribution in [2.24, 2.45) is 0 Å². The van der Waals surface area contributed by atoms with Crippen molar-refractivity contribution in [3.63, 3.8) is 0 Å². The number of hydrogen-bond donors (Lipinski definition) is 0. The summed E-state index contributed by atoms with van der Waals surface area (Å²) in [5.74, 6) is 1.65. The second-order valence-corrected chi connectivity index (χ2v) is 14.2. The number of rotatable bonds is 12. The molecule has 0 spiro atoms. The molecular weight excluding hydrogens is 538 g/mol. The second-order valence-electron chi connectivity index (χ2n) is 10.6. The quantitative estimate of drug-likeness (QED) is 0.156. The maximum atomic E-state index is 6.74. The minimum Gasteiger partial charge on any atom is -0.497 e. The van der Waals surface area contributed by atoms with Gasteiger partial charge in [0.1, 0.15) is 22.7 Å². The summed E-state index contributed by atoms with van der Waals surface area (Å²) in [5, 5.41) is 1.97. The van der Waals surface area contributed by atoms with E-state index in [2.05, 4.69) is 68.4 Å². The van der Waals surface area contributed by atoms with Crippen LogP contribution in [0.3, 0.4) is 0 Å². The van der Waals surface area contributed by atoms with Crippen LogP contribution in [0.2, 0.25) is 0 Å². The van der Waals surface area contributed by atoms with Crippen molar-refractivity contribution in [2.45, 2.75) is 70.9 Å². The first-order valence-electron chi connectivity index (χ1n) is 14.6. The van der Waals surface area contributed by atoms with Crippen LogP contribution < -0.4 is 14.0 Å². The van der Waals surface area contributed by atoms with E-state index in [-0.39, 0.29) is 7.92 Å². The number of hydrogen-bond acceptors (Lipinski definition) is 5. The Hall–Kier alpha value is -2.45. The molecule has 1 unspecified atom stereocenters. The van der Waals surface area contributed by atoms with Crippen LogP contribution in [0.5, 0.6) is 11.5 Å². The van der Waals surface area contributed by atoms with Crippen LogP contribution in [0, 0.1) is 0 Å². The Morgan fingerprint density at radius 3 is 1.90 bits per heavy atom. The highest BCUT2D eigenvalue weighted by Crippen LogP contribution is 2.59. The van der Waals surface area contributed by atoms with Gasteiger partial charge in [0.05, 0.1) is 20.6 Å². The highest BCUT2D eigenvalue weighted by atomic mass is 31.1. The average Bonchev–Trinajstić information content (AvgIpc) is 3.41. The van der Waals surface area contributed by atoms with Gasteiger partial charge in [-0.2, -0.15) is 0 Å². The van der Waals surface area contributed by atoms with E-state index in [4.69, 9.17) is 22.4 Å². The van der Waals surface area contributed by atoms with E-state index in [9.17, 15) is 0 Å². The molecule has 0 saturated carbocycles.